The second-order valence-corrected chi connectivity index (χ2v) is 8.70. The van der Waals surface area contributed by atoms with Crippen LogP contribution in [0.15, 0.2) is 23.1 Å². The Morgan fingerprint density at radius 3 is 2.33 bits per heavy atom. The fourth-order valence-corrected chi connectivity index (χ4v) is 3.42. The highest BCUT2D eigenvalue weighted by atomic mass is 32.2. The first kappa shape index (κ1) is 18.1. The van der Waals surface area contributed by atoms with Crippen LogP contribution in [0.5, 0.6) is 0 Å². The summed E-state index contributed by atoms with van der Waals surface area (Å²) in [5.41, 5.74) is 1.74. The third-order valence-electron chi connectivity index (χ3n) is 3.18. The molecule has 0 aliphatic carbocycles. The molecule has 0 aliphatic heterocycles. The molecule has 0 atom stereocenters. The van der Waals surface area contributed by atoms with Crippen molar-refractivity contribution in [2.45, 2.75) is 59.0 Å². The van der Waals surface area contributed by atoms with Crippen LogP contribution in [-0.2, 0) is 16.6 Å². The van der Waals surface area contributed by atoms with Crippen LogP contribution in [0.2, 0.25) is 0 Å². The van der Waals surface area contributed by atoms with Gasteiger partial charge < -0.3 is 5.32 Å². The minimum absolute atomic E-state index is 0.0855. The van der Waals surface area contributed by atoms with Crippen LogP contribution in [0.1, 0.15) is 45.7 Å². The third kappa shape index (κ3) is 5.77. The van der Waals surface area contributed by atoms with Crippen molar-refractivity contribution in [2.24, 2.45) is 5.41 Å². The van der Waals surface area contributed by atoms with Gasteiger partial charge in [0.1, 0.15) is 0 Å². The number of benzene rings is 1. The second-order valence-electron chi connectivity index (χ2n) is 6.96. The van der Waals surface area contributed by atoms with Crippen molar-refractivity contribution in [1.82, 2.24) is 10.0 Å². The van der Waals surface area contributed by atoms with E-state index in [2.05, 4.69) is 23.9 Å². The lowest BCUT2D eigenvalue weighted by Crippen LogP contribution is -2.33. The van der Waals surface area contributed by atoms with Gasteiger partial charge in [-0.05, 0) is 29.5 Å². The molecule has 1 rings (SSSR count). The minimum atomic E-state index is -3.46. The van der Waals surface area contributed by atoms with E-state index in [9.17, 15) is 8.42 Å². The van der Waals surface area contributed by atoms with Gasteiger partial charge in [-0.1, -0.05) is 46.8 Å². The molecule has 0 aromatic heterocycles. The van der Waals surface area contributed by atoms with Crippen LogP contribution in [0.4, 0.5) is 0 Å². The maximum atomic E-state index is 12.5. The van der Waals surface area contributed by atoms with E-state index in [-0.39, 0.29) is 5.41 Å². The van der Waals surface area contributed by atoms with Crippen LogP contribution in [0, 0.1) is 12.3 Å². The molecule has 21 heavy (non-hydrogen) atoms. The molecular formula is C16H28N2O2S. The predicted molar refractivity (Wildman–Crippen MR) is 87.8 cm³/mol. The van der Waals surface area contributed by atoms with E-state index in [1.807, 2.05) is 33.8 Å². The van der Waals surface area contributed by atoms with Gasteiger partial charge in [0, 0.05) is 19.1 Å². The molecule has 0 fully saturated rings. The van der Waals surface area contributed by atoms with Gasteiger partial charge in [-0.15, -0.1) is 0 Å². The van der Waals surface area contributed by atoms with Gasteiger partial charge in [-0.25, -0.2) is 13.1 Å². The van der Waals surface area contributed by atoms with E-state index in [1.54, 1.807) is 12.1 Å². The van der Waals surface area contributed by atoms with Crippen molar-refractivity contribution >= 4 is 10.0 Å². The van der Waals surface area contributed by atoms with E-state index in [0.29, 0.717) is 24.0 Å². The average Bonchev–Trinajstić information content (AvgIpc) is 2.34. The summed E-state index contributed by atoms with van der Waals surface area (Å²) < 4.78 is 27.6. The highest BCUT2D eigenvalue weighted by Gasteiger charge is 2.21. The third-order valence-corrected chi connectivity index (χ3v) is 4.72. The normalized spacial score (nSPS) is 12.9. The predicted octanol–water partition coefficient (Wildman–Crippen LogP) is 2.82. The first-order valence-electron chi connectivity index (χ1n) is 7.34. The van der Waals surface area contributed by atoms with Crippen molar-refractivity contribution in [2.75, 3.05) is 6.54 Å². The molecule has 0 spiro atoms. The number of nitrogens with one attached hydrogen (secondary N) is 2. The Hall–Kier alpha value is -0.910. The fourth-order valence-electron chi connectivity index (χ4n) is 1.85. The van der Waals surface area contributed by atoms with Crippen molar-refractivity contribution in [3.05, 3.63) is 29.3 Å². The topological polar surface area (TPSA) is 58.2 Å². The first-order chi connectivity index (χ1) is 9.53. The Balaban J connectivity index is 2.99. The van der Waals surface area contributed by atoms with Gasteiger partial charge in [0.15, 0.2) is 0 Å². The lowest BCUT2D eigenvalue weighted by molar-refractivity contribution is 0.407. The molecule has 0 saturated heterocycles. The van der Waals surface area contributed by atoms with Gasteiger partial charge in [0.05, 0.1) is 4.90 Å². The van der Waals surface area contributed by atoms with Gasteiger partial charge in [-0.2, -0.15) is 0 Å². The average molecular weight is 312 g/mol. The van der Waals surface area contributed by atoms with E-state index in [4.69, 9.17) is 0 Å². The highest BCUT2D eigenvalue weighted by molar-refractivity contribution is 7.89. The van der Waals surface area contributed by atoms with Crippen molar-refractivity contribution in [3.63, 3.8) is 0 Å². The quantitative estimate of drug-likeness (QED) is 0.849. The van der Waals surface area contributed by atoms with E-state index in [1.165, 1.54) is 0 Å². The van der Waals surface area contributed by atoms with E-state index < -0.39 is 10.0 Å². The van der Waals surface area contributed by atoms with Crippen LogP contribution in [0.25, 0.3) is 0 Å². The molecule has 0 unspecified atom stereocenters. The van der Waals surface area contributed by atoms with Gasteiger partial charge in [-0.3, -0.25) is 0 Å². The molecule has 120 valence electrons. The minimum Gasteiger partial charge on any atom is -0.310 e. The maximum Gasteiger partial charge on any atom is 0.240 e. The summed E-state index contributed by atoms with van der Waals surface area (Å²) in [6, 6.07) is 5.80. The summed E-state index contributed by atoms with van der Waals surface area (Å²) in [4.78, 5) is 0.370. The monoisotopic (exact) mass is 312 g/mol. The zero-order chi connectivity index (χ0) is 16.3. The van der Waals surface area contributed by atoms with Gasteiger partial charge >= 0.3 is 0 Å². The Morgan fingerprint density at radius 2 is 1.81 bits per heavy atom. The number of hydrogen-bond acceptors (Lipinski definition) is 3. The molecule has 0 radical (unpaired) electrons. The molecule has 0 bridgehead atoms. The summed E-state index contributed by atoms with van der Waals surface area (Å²) >= 11 is 0. The Kier molecular flexibility index (Phi) is 5.96. The standard InChI is InChI=1S/C16H28N2O2S/c1-12(2)17-10-14-8-7-9-15(13(14)3)21(19,20)18-11-16(4,5)6/h7-9,12,17-18H,10-11H2,1-6H3. The second kappa shape index (κ2) is 6.90. The number of hydrogen-bond donors (Lipinski definition) is 2. The summed E-state index contributed by atoms with van der Waals surface area (Å²) in [5, 5.41) is 3.32. The number of sulfonamides is 1. The summed E-state index contributed by atoms with van der Waals surface area (Å²) in [6.07, 6.45) is 0. The zero-order valence-corrected chi connectivity index (χ0v) is 14.8. The van der Waals surface area contributed by atoms with E-state index >= 15 is 0 Å². The molecule has 1 aromatic rings. The van der Waals surface area contributed by atoms with Crippen LogP contribution in [-0.4, -0.2) is 21.0 Å². The largest absolute Gasteiger partial charge is 0.310 e. The Morgan fingerprint density at radius 1 is 1.19 bits per heavy atom. The van der Waals surface area contributed by atoms with E-state index in [0.717, 1.165) is 11.1 Å². The van der Waals surface area contributed by atoms with Crippen LogP contribution < -0.4 is 10.0 Å². The fraction of sp³-hybridized carbons (Fsp3) is 0.625. The molecule has 5 heteroatoms. The molecule has 2 N–H and O–H groups in total. The smallest absolute Gasteiger partial charge is 0.240 e. The van der Waals surface area contributed by atoms with Crippen LogP contribution >= 0.6 is 0 Å². The molecule has 0 amide bonds. The van der Waals surface area contributed by atoms with Gasteiger partial charge in [0.2, 0.25) is 10.0 Å². The zero-order valence-electron chi connectivity index (χ0n) is 13.9. The maximum absolute atomic E-state index is 12.5. The molecule has 4 nitrogen and oxygen atoms in total. The number of rotatable bonds is 6. The van der Waals surface area contributed by atoms with Crippen molar-refractivity contribution in [3.8, 4) is 0 Å². The summed E-state index contributed by atoms with van der Waals surface area (Å²) in [6.45, 7) is 13.1. The van der Waals surface area contributed by atoms with Crippen molar-refractivity contribution in [1.29, 1.82) is 0 Å². The Labute approximate surface area is 129 Å². The lowest BCUT2D eigenvalue weighted by Gasteiger charge is -2.20. The first-order valence-corrected chi connectivity index (χ1v) is 8.83. The molecule has 0 heterocycles. The SMILES string of the molecule is Cc1c(CNC(C)C)cccc1S(=O)(=O)NCC(C)(C)C. The molecule has 1 aromatic carbocycles. The molecular weight excluding hydrogens is 284 g/mol. The lowest BCUT2D eigenvalue weighted by atomic mass is 9.98. The Bertz CT molecular complexity index is 572. The summed E-state index contributed by atoms with van der Waals surface area (Å²) in [7, 11) is -3.46. The molecule has 0 aliphatic rings. The van der Waals surface area contributed by atoms with Crippen LogP contribution in [0.3, 0.4) is 0 Å². The highest BCUT2D eigenvalue weighted by Crippen LogP contribution is 2.20. The van der Waals surface area contributed by atoms with Gasteiger partial charge in [0.25, 0.3) is 0 Å². The van der Waals surface area contributed by atoms with Crippen molar-refractivity contribution < 1.29 is 8.42 Å². The summed E-state index contributed by atoms with van der Waals surface area (Å²) in [5.74, 6) is 0. The molecule has 0 saturated carbocycles.